The summed E-state index contributed by atoms with van der Waals surface area (Å²) in [7, 11) is 0. The monoisotopic (exact) mass is 350 g/mol. The van der Waals surface area contributed by atoms with Crippen molar-refractivity contribution in [3.8, 4) is 0 Å². The zero-order valence-corrected chi connectivity index (χ0v) is 14.5. The molecule has 0 radical (unpaired) electrons. The maximum Gasteiger partial charge on any atom is 0.248 e. The normalized spacial score (nSPS) is 21.6. The van der Waals surface area contributed by atoms with E-state index in [2.05, 4.69) is 22.5 Å². The van der Waals surface area contributed by atoms with Gasteiger partial charge in [-0.1, -0.05) is 6.92 Å². The third-order valence-corrected chi connectivity index (χ3v) is 5.37. The number of aromatic nitrogens is 1. The molecule has 7 nitrogen and oxygen atoms in total. The van der Waals surface area contributed by atoms with Gasteiger partial charge in [0.25, 0.3) is 0 Å². The topological polar surface area (TPSA) is 91.4 Å². The van der Waals surface area contributed by atoms with Gasteiger partial charge in [0, 0.05) is 24.9 Å². The first-order valence-corrected chi connectivity index (χ1v) is 9.21. The van der Waals surface area contributed by atoms with Crippen LogP contribution in [0.4, 0.5) is 5.13 Å². The SMILES string of the molecule is CC1CCN(C(=O)Cc2csc(NC(=O)C3CCC(=O)N3)n2)CC1. The van der Waals surface area contributed by atoms with Crippen molar-refractivity contribution in [3.63, 3.8) is 0 Å². The van der Waals surface area contributed by atoms with Crippen molar-refractivity contribution in [3.05, 3.63) is 11.1 Å². The van der Waals surface area contributed by atoms with E-state index in [1.165, 1.54) is 11.3 Å². The van der Waals surface area contributed by atoms with Crippen LogP contribution in [0, 0.1) is 5.92 Å². The summed E-state index contributed by atoms with van der Waals surface area (Å²) in [5.41, 5.74) is 0.675. The van der Waals surface area contributed by atoms with E-state index in [1.54, 1.807) is 5.38 Å². The summed E-state index contributed by atoms with van der Waals surface area (Å²) in [6.07, 6.45) is 3.26. The number of nitrogens with zero attached hydrogens (tertiary/aromatic N) is 2. The van der Waals surface area contributed by atoms with Gasteiger partial charge >= 0.3 is 0 Å². The second-order valence-electron chi connectivity index (χ2n) is 6.53. The Hall–Kier alpha value is -1.96. The van der Waals surface area contributed by atoms with Crippen molar-refractivity contribution in [2.45, 2.75) is 45.1 Å². The second kappa shape index (κ2) is 7.29. The van der Waals surface area contributed by atoms with Gasteiger partial charge in [0.15, 0.2) is 5.13 Å². The minimum atomic E-state index is -0.484. The fourth-order valence-electron chi connectivity index (χ4n) is 2.97. The van der Waals surface area contributed by atoms with Gasteiger partial charge in [-0.15, -0.1) is 11.3 Å². The minimum Gasteiger partial charge on any atom is -0.344 e. The highest BCUT2D eigenvalue weighted by Crippen LogP contribution is 2.20. The highest BCUT2D eigenvalue weighted by atomic mass is 32.1. The number of nitrogens with one attached hydrogen (secondary N) is 2. The Morgan fingerprint density at radius 1 is 1.38 bits per heavy atom. The fraction of sp³-hybridized carbons (Fsp3) is 0.625. The Bertz CT molecular complexity index is 637. The number of carbonyl (C=O) groups excluding carboxylic acids is 3. The van der Waals surface area contributed by atoms with Crippen LogP contribution >= 0.6 is 11.3 Å². The average molecular weight is 350 g/mol. The van der Waals surface area contributed by atoms with Crippen molar-refractivity contribution in [1.29, 1.82) is 0 Å². The molecule has 130 valence electrons. The summed E-state index contributed by atoms with van der Waals surface area (Å²) in [6.45, 7) is 3.84. The van der Waals surface area contributed by atoms with E-state index in [4.69, 9.17) is 0 Å². The smallest absolute Gasteiger partial charge is 0.248 e. The molecule has 1 atom stereocenters. The van der Waals surface area contributed by atoms with E-state index in [0.717, 1.165) is 25.9 Å². The Kier molecular flexibility index (Phi) is 5.13. The number of likely N-dealkylation sites (tertiary alicyclic amines) is 1. The Morgan fingerprint density at radius 2 is 2.12 bits per heavy atom. The molecule has 2 aliphatic heterocycles. The summed E-state index contributed by atoms with van der Waals surface area (Å²) in [4.78, 5) is 41.7. The van der Waals surface area contributed by atoms with Crippen LogP contribution in [0.5, 0.6) is 0 Å². The van der Waals surface area contributed by atoms with Crippen molar-refractivity contribution in [2.75, 3.05) is 18.4 Å². The molecule has 2 saturated heterocycles. The molecule has 3 rings (SSSR count). The minimum absolute atomic E-state index is 0.0909. The van der Waals surface area contributed by atoms with E-state index >= 15 is 0 Å². The van der Waals surface area contributed by atoms with E-state index in [9.17, 15) is 14.4 Å². The molecule has 0 bridgehead atoms. The van der Waals surface area contributed by atoms with Gasteiger partial charge in [-0.05, 0) is 25.2 Å². The van der Waals surface area contributed by atoms with Crippen LogP contribution in [-0.4, -0.2) is 46.7 Å². The maximum atomic E-state index is 12.3. The van der Waals surface area contributed by atoms with Gasteiger partial charge in [-0.2, -0.15) is 0 Å². The number of hydrogen-bond acceptors (Lipinski definition) is 5. The lowest BCUT2D eigenvalue weighted by Gasteiger charge is -2.30. The largest absolute Gasteiger partial charge is 0.344 e. The summed E-state index contributed by atoms with van der Waals surface area (Å²) < 4.78 is 0. The van der Waals surface area contributed by atoms with E-state index < -0.39 is 6.04 Å². The molecule has 8 heteroatoms. The second-order valence-corrected chi connectivity index (χ2v) is 7.39. The summed E-state index contributed by atoms with van der Waals surface area (Å²) in [5, 5.41) is 7.60. The lowest BCUT2D eigenvalue weighted by atomic mass is 9.99. The zero-order chi connectivity index (χ0) is 17.1. The standard InChI is InChI=1S/C16H22N4O3S/c1-10-4-6-20(7-5-10)14(22)8-11-9-24-16(17-11)19-15(23)12-2-3-13(21)18-12/h9-10,12H,2-8H2,1H3,(H,18,21)(H,17,19,23). The van der Waals surface area contributed by atoms with Crippen molar-refractivity contribution < 1.29 is 14.4 Å². The van der Waals surface area contributed by atoms with Gasteiger partial charge in [-0.3, -0.25) is 14.4 Å². The molecule has 1 aromatic rings. The summed E-state index contributed by atoms with van der Waals surface area (Å²) in [6, 6.07) is -0.484. The highest BCUT2D eigenvalue weighted by Gasteiger charge is 2.28. The molecule has 0 spiro atoms. The molecule has 1 unspecified atom stereocenters. The number of hydrogen-bond donors (Lipinski definition) is 2. The molecular formula is C16H22N4O3S. The van der Waals surface area contributed by atoms with Gasteiger partial charge in [-0.25, -0.2) is 4.98 Å². The Morgan fingerprint density at radius 3 is 2.79 bits per heavy atom. The number of carbonyl (C=O) groups is 3. The molecule has 0 saturated carbocycles. The lowest BCUT2D eigenvalue weighted by Crippen LogP contribution is -2.38. The predicted octanol–water partition coefficient (Wildman–Crippen LogP) is 1.16. The molecule has 2 aliphatic rings. The number of thiazole rings is 1. The summed E-state index contributed by atoms with van der Waals surface area (Å²) >= 11 is 1.30. The first-order valence-electron chi connectivity index (χ1n) is 8.33. The van der Waals surface area contributed by atoms with Crippen molar-refractivity contribution in [2.24, 2.45) is 5.92 Å². The molecule has 1 aromatic heterocycles. The molecule has 0 aliphatic carbocycles. The van der Waals surface area contributed by atoms with Crippen LogP contribution < -0.4 is 10.6 Å². The molecule has 3 heterocycles. The molecule has 2 fully saturated rings. The van der Waals surface area contributed by atoms with Crippen LogP contribution in [0.2, 0.25) is 0 Å². The Balaban J connectivity index is 1.51. The van der Waals surface area contributed by atoms with Crippen LogP contribution in [0.1, 0.15) is 38.3 Å². The fourth-order valence-corrected chi connectivity index (χ4v) is 3.69. The third kappa shape index (κ3) is 4.11. The first kappa shape index (κ1) is 16.9. The number of anilines is 1. The van der Waals surface area contributed by atoms with Crippen LogP contribution in [-0.2, 0) is 20.8 Å². The van der Waals surface area contributed by atoms with E-state index in [0.29, 0.717) is 29.6 Å². The van der Waals surface area contributed by atoms with E-state index in [1.807, 2.05) is 4.90 Å². The van der Waals surface area contributed by atoms with Crippen molar-refractivity contribution in [1.82, 2.24) is 15.2 Å². The number of amides is 3. The Labute approximate surface area is 144 Å². The lowest BCUT2D eigenvalue weighted by molar-refractivity contribution is -0.131. The highest BCUT2D eigenvalue weighted by molar-refractivity contribution is 7.13. The van der Waals surface area contributed by atoms with Crippen LogP contribution in [0.15, 0.2) is 5.38 Å². The van der Waals surface area contributed by atoms with Crippen LogP contribution in [0.25, 0.3) is 0 Å². The van der Waals surface area contributed by atoms with Gasteiger partial charge in [0.2, 0.25) is 17.7 Å². The van der Waals surface area contributed by atoms with Crippen molar-refractivity contribution >= 4 is 34.2 Å². The third-order valence-electron chi connectivity index (χ3n) is 4.56. The summed E-state index contributed by atoms with van der Waals surface area (Å²) in [5.74, 6) is 0.425. The van der Waals surface area contributed by atoms with Gasteiger partial charge in [0.1, 0.15) is 6.04 Å². The molecule has 24 heavy (non-hydrogen) atoms. The van der Waals surface area contributed by atoms with E-state index in [-0.39, 0.29) is 24.1 Å². The quantitative estimate of drug-likeness (QED) is 0.852. The van der Waals surface area contributed by atoms with Gasteiger partial charge in [0.05, 0.1) is 12.1 Å². The maximum absolute atomic E-state index is 12.3. The first-order chi connectivity index (χ1) is 11.5. The zero-order valence-electron chi connectivity index (χ0n) is 13.7. The predicted molar refractivity (Wildman–Crippen MR) is 90.6 cm³/mol. The molecule has 0 aromatic carbocycles. The van der Waals surface area contributed by atoms with Gasteiger partial charge < -0.3 is 15.5 Å². The molecule has 2 N–H and O–H groups in total. The number of piperidine rings is 1. The average Bonchev–Trinajstić information content (AvgIpc) is 3.17. The molecule has 3 amide bonds. The van der Waals surface area contributed by atoms with Crippen LogP contribution in [0.3, 0.4) is 0 Å². The molecular weight excluding hydrogens is 328 g/mol. The number of rotatable bonds is 4.